The van der Waals surface area contributed by atoms with E-state index in [1.807, 2.05) is 48.3 Å². The van der Waals surface area contributed by atoms with Gasteiger partial charge in [-0.05, 0) is 50.3 Å². The molecule has 2 heterocycles. The number of rotatable bonds is 6. The van der Waals surface area contributed by atoms with Crippen LogP contribution in [0.2, 0.25) is 0 Å². The van der Waals surface area contributed by atoms with Crippen LogP contribution in [0, 0.1) is 0 Å². The Kier molecular flexibility index (Phi) is 5.55. The average molecular weight is 378 g/mol. The molecule has 1 amide bonds. The number of aryl methyl sites for hydroxylation is 2. The van der Waals surface area contributed by atoms with Crippen molar-refractivity contribution in [3.8, 4) is 5.75 Å². The molecule has 1 fully saturated rings. The van der Waals surface area contributed by atoms with Crippen LogP contribution in [0.3, 0.4) is 0 Å². The highest BCUT2D eigenvalue weighted by atomic mass is 16.5. The van der Waals surface area contributed by atoms with E-state index in [-0.39, 0.29) is 18.1 Å². The molecule has 1 N–H and O–H groups in total. The van der Waals surface area contributed by atoms with Gasteiger partial charge in [-0.25, -0.2) is 0 Å². The first-order valence-electron chi connectivity index (χ1n) is 9.94. The second kappa shape index (κ2) is 8.42. The molecule has 6 heteroatoms. The van der Waals surface area contributed by atoms with Crippen LogP contribution in [-0.2, 0) is 18.3 Å². The van der Waals surface area contributed by atoms with E-state index in [2.05, 4.69) is 15.4 Å². The molecule has 4 rings (SSSR count). The molecule has 0 spiro atoms. The van der Waals surface area contributed by atoms with Gasteiger partial charge in [0.05, 0.1) is 6.10 Å². The lowest BCUT2D eigenvalue weighted by molar-refractivity contribution is -0.122. The maximum absolute atomic E-state index is 12.3. The number of amides is 1. The van der Waals surface area contributed by atoms with E-state index in [4.69, 9.17) is 4.74 Å². The van der Waals surface area contributed by atoms with Crippen LogP contribution in [0.4, 0.5) is 0 Å². The Morgan fingerprint density at radius 3 is 2.82 bits per heavy atom. The Bertz CT molecular complexity index is 939. The van der Waals surface area contributed by atoms with Gasteiger partial charge in [0.1, 0.15) is 5.75 Å². The molecule has 0 unspecified atom stereocenters. The standard InChI is InChI=1S/C22H26N4O2/c1-26-18(11-14-24-26)7-10-22(27)25-17-5-8-19(9-6-17)28-21-4-2-3-16-15-23-13-12-20(16)21/h2-4,11-15,17,19H,5-10H2,1H3,(H,25,27). The molecule has 0 aliphatic heterocycles. The lowest BCUT2D eigenvalue weighted by atomic mass is 9.92. The largest absolute Gasteiger partial charge is 0.490 e. The van der Waals surface area contributed by atoms with Crippen molar-refractivity contribution in [3.63, 3.8) is 0 Å². The zero-order valence-electron chi connectivity index (χ0n) is 16.2. The maximum Gasteiger partial charge on any atom is 0.220 e. The van der Waals surface area contributed by atoms with Gasteiger partial charge in [-0.1, -0.05) is 12.1 Å². The molecule has 0 saturated heterocycles. The van der Waals surface area contributed by atoms with Crippen molar-refractivity contribution in [1.29, 1.82) is 0 Å². The lowest BCUT2D eigenvalue weighted by Crippen LogP contribution is -2.39. The molecule has 6 nitrogen and oxygen atoms in total. The topological polar surface area (TPSA) is 69.0 Å². The molecule has 28 heavy (non-hydrogen) atoms. The van der Waals surface area contributed by atoms with E-state index < -0.39 is 0 Å². The summed E-state index contributed by atoms with van der Waals surface area (Å²) in [5, 5.41) is 9.51. The monoisotopic (exact) mass is 378 g/mol. The number of fused-ring (bicyclic) bond motifs is 1. The Morgan fingerprint density at radius 1 is 1.18 bits per heavy atom. The van der Waals surface area contributed by atoms with Crippen LogP contribution in [0.5, 0.6) is 5.75 Å². The number of hydrogen-bond donors (Lipinski definition) is 1. The fourth-order valence-electron chi connectivity index (χ4n) is 3.89. The molecule has 1 aromatic carbocycles. The quantitative estimate of drug-likeness (QED) is 0.714. The maximum atomic E-state index is 12.3. The molecule has 2 aromatic heterocycles. The SMILES string of the molecule is Cn1nccc1CCC(=O)NC1CCC(Oc2cccc3cnccc23)CC1. The summed E-state index contributed by atoms with van der Waals surface area (Å²) in [4.78, 5) is 16.4. The van der Waals surface area contributed by atoms with Crippen LogP contribution in [0.25, 0.3) is 10.8 Å². The van der Waals surface area contributed by atoms with Crippen LogP contribution in [0.1, 0.15) is 37.8 Å². The van der Waals surface area contributed by atoms with E-state index in [1.165, 1.54) is 0 Å². The summed E-state index contributed by atoms with van der Waals surface area (Å²) in [6.07, 6.45) is 10.7. The minimum absolute atomic E-state index is 0.118. The molecule has 0 bridgehead atoms. The molecular weight excluding hydrogens is 352 g/mol. The zero-order valence-corrected chi connectivity index (χ0v) is 16.2. The lowest BCUT2D eigenvalue weighted by Gasteiger charge is -2.30. The first-order chi connectivity index (χ1) is 13.7. The van der Waals surface area contributed by atoms with Crippen molar-refractivity contribution in [3.05, 3.63) is 54.6 Å². The minimum atomic E-state index is 0.118. The van der Waals surface area contributed by atoms with Crippen molar-refractivity contribution in [2.45, 2.75) is 50.7 Å². The molecule has 1 aliphatic carbocycles. The van der Waals surface area contributed by atoms with Gasteiger partial charge in [-0.15, -0.1) is 0 Å². The predicted octanol–water partition coefficient (Wildman–Crippen LogP) is 3.41. The second-order valence-electron chi connectivity index (χ2n) is 7.46. The number of benzene rings is 1. The van der Waals surface area contributed by atoms with Crippen molar-refractivity contribution in [1.82, 2.24) is 20.1 Å². The summed E-state index contributed by atoms with van der Waals surface area (Å²) in [5.74, 6) is 1.04. The summed E-state index contributed by atoms with van der Waals surface area (Å²) in [6.45, 7) is 0. The van der Waals surface area contributed by atoms with Crippen molar-refractivity contribution >= 4 is 16.7 Å². The number of ether oxygens (including phenoxy) is 1. The highest BCUT2D eigenvalue weighted by Gasteiger charge is 2.24. The van der Waals surface area contributed by atoms with Gasteiger partial charge in [-0.2, -0.15) is 5.10 Å². The Hall–Kier alpha value is -2.89. The van der Waals surface area contributed by atoms with Crippen molar-refractivity contribution < 1.29 is 9.53 Å². The van der Waals surface area contributed by atoms with Gasteiger partial charge in [-0.3, -0.25) is 14.5 Å². The summed E-state index contributed by atoms with van der Waals surface area (Å²) in [7, 11) is 1.90. The van der Waals surface area contributed by atoms with Gasteiger partial charge >= 0.3 is 0 Å². The number of carbonyl (C=O) groups is 1. The van der Waals surface area contributed by atoms with Gasteiger partial charge < -0.3 is 10.1 Å². The minimum Gasteiger partial charge on any atom is -0.490 e. The molecule has 0 radical (unpaired) electrons. The number of aromatic nitrogens is 3. The van der Waals surface area contributed by atoms with Gasteiger partial charge in [0.25, 0.3) is 0 Å². The fourth-order valence-corrected chi connectivity index (χ4v) is 3.89. The zero-order chi connectivity index (χ0) is 19.3. The van der Waals surface area contributed by atoms with E-state index in [1.54, 1.807) is 12.4 Å². The first kappa shape index (κ1) is 18.5. The normalized spacial score (nSPS) is 19.5. The van der Waals surface area contributed by atoms with E-state index in [0.29, 0.717) is 6.42 Å². The highest BCUT2D eigenvalue weighted by molar-refractivity contribution is 5.87. The molecule has 1 aliphatic rings. The average Bonchev–Trinajstić information content (AvgIpc) is 3.13. The molecule has 3 aromatic rings. The van der Waals surface area contributed by atoms with Crippen LogP contribution < -0.4 is 10.1 Å². The summed E-state index contributed by atoms with van der Waals surface area (Å²) in [6, 6.07) is 10.3. The first-order valence-corrected chi connectivity index (χ1v) is 9.94. The smallest absolute Gasteiger partial charge is 0.220 e. The fraction of sp³-hybridized carbons (Fsp3) is 0.409. The van der Waals surface area contributed by atoms with Crippen LogP contribution in [-0.4, -0.2) is 32.8 Å². The Morgan fingerprint density at radius 2 is 2.04 bits per heavy atom. The number of nitrogens with zero attached hydrogens (tertiary/aromatic N) is 3. The third kappa shape index (κ3) is 4.32. The van der Waals surface area contributed by atoms with E-state index in [0.717, 1.165) is 54.3 Å². The van der Waals surface area contributed by atoms with E-state index >= 15 is 0 Å². The number of nitrogens with one attached hydrogen (secondary N) is 1. The number of hydrogen-bond acceptors (Lipinski definition) is 4. The number of pyridine rings is 1. The third-order valence-electron chi connectivity index (χ3n) is 5.50. The highest BCUT2D eigenvalue weighted by Crippen LogP contribution is 2.29. The number of carbonyl (C=O) groups excluding carboxylic acids is 1. The predicted molar refractivity (Wildman–Crippen MR) is 108 cm³/mol. The molecule has 0 atom stereocenters. The molecular formula is C22H26N4O2. The summed E-state index contributed by atoms with van der Waals surface area (Å²) < 4.78 is 8.10. The summed E-state index contributed by atoms with van der Waals surface area (Å²) >= 11 is 0. The van der Waals surface area contributed by atoms with E-state index in [9.17, 15) is 4.79 Å². The van der Waals surface area contributed by atoms with Gasteiger partial charge in [0, 0.05) is 54.6 Å². The van der Waals surface area contributed by atoms with Crippen LogP contribution in [0.15, 0.2) is 48.9 Å². The van der Waals surface area contributed by atoms with Gasteiger partial charge in [0.2, 0.25) is 5.91 Å². The van der Waals surface area contributed by atoms with Crippen molar-refractivity contribution in [2.24, 2.45) is 7.05 Å². The van der Waals surface area contributed by atoms with Gasteiger partial charge in [0.15, 0.2) is 0 Å². The molecule has 1 saturated carbocycles. The Labute approximate surface area is 164 Å². The molecule has 146 valence electrons. The van der Waals surface area contributed by atoms with Crippen molar-refractivity contribution in [2.75, 3.05) is 0 Å². The van der Waals surface area contributed by atoms with Crippen LogP contribution >= 0.6 is 0 Å². The second-order valence-corrected chi connectivity index (χ2v) is 7.46. The Balaban J connectivity index is 1.25. The summed E-state index contributed by atoms with van der Waals surface area (Å²) in [5.41, 5.74) is 1.08. The third-order valence-corrected chi connectivity index (χ3v) is 5.50.